The fourth-order valence-corrected chi connectivity index (χ4v) is 9.42. The van der Waals surface area contributed by atoms with E-state index >= 15 is 0 Å². The molecule has 0 aromatic carbocycles. The van der Waals surface area contributed by atoms with E-state index < -0.39 is 39.5 Å². The third kappa shape index (κ3) is 7.02. The van der Waals surface area contributed by atoms with Gasteiger partial charge >= 0.3 is 11.9 Å². The molecule has 2 heterocycles. The third-order valence-corrected chi connectivity index (χ3v) is 9.87. The Hall–Kier alpha value is -2.12. The number of likely N-dealkylation sites (tertiary alicyclic amines) is 2. The maximum atomic E-state index is 13.7. The van der Waals surface area contributed by atoms with Crippen LogP contribution in [-0.2, 0) is 19.2 Å². The van der Waals surface area contributed by atoms with Crippen LogP contribution in [0.1, 0.15) is 140 Å². The highest BCUT2D eigenvalue weighted by Gasteiger charge is 2.61. The Balaban J connectivity index is 2.53. The van der Waals surface area contributed by atoms with Gasteiger partial charge < -0.3 is 20.0 Å². The van der Waals surface area contributed by atoms with E-state index in [1.807, 2.05) is 9.80 Å². The molecule has 0 radical (unpaired) electrons. The Kier molecular flexibility index (Phi) is 10.2. The minimum absolute atomic E-state index is 0.00719. The van der Waals surface area contributed by atoms with Crippen LogP contribution in [0.25, 0.3) is 0 Å². The number of unbranched alkanes of at least 4 members (excludes halogenated alkanes) is 4. The van der Waals surface area contributed by atoms with Gasteiger partial charge in [-0.3, -0.25) is 19.2 Å². The molecular formula is C32H56N2O6. The lowest BCUT2D eigenvalue weighted by atomic mass is 9.52. The minimum Gasteiger partial charge on any atom is -0.481 e. The summed E-state index contributed by atoms with van der Waals surface area (Å²) in [6.45, 7) is 19.7. The van der Waals surface area contributed by atoms with Crippen LogP contribution in [0.4, 0.5) is 0 Å². The molecule has 2 saturated heterocycles. The molecule has 2 amide bonds. The van der Waals surface area contributed by atoms with E-state index in [0.717, 1.165) is 25.7 Å². The summed E-state index contributed by atoms with van der Waals surface area (Å²) in [5, 5.41) is 20.2. The quantitative estimate of drug-likeness (QED) is 0.277. The molecule has 0 aliphatic carbocycles. The van der Waals surface area contributed by atoms with E-state index in [2.05, 4.69) is 55.4 Å². The lowest BCUT2D eigenvalue weighted by Crippen LogP contribution is -2.68. The molecule has 0 saturated carbocycles. The fraction of sp³-hybridized carbons (Fsp3) is 0.875. The van der Waals surface area contributed by atoms with Crippen LogP contribution in [0.2, 0.25) is 0 Å². The van der Waals surface area contributed by atoms with Crippen LogP contribution in [0.5, 0.6) is 0 Å². The number of carboxylic acid groups (broad SMARTS) is 2. The summed E-state index contributed by atoms with van der Waals surface area (Å²) in [4.78, 5) is 54.0. The Bertz CT molecular complexity index is 876. The zero-order chi connectivity index (χ0) is 30.9. The second-order valence-electron chi connectivity index (χ2n) is 15.2. The van der Waals surface area contributed by atoms with E-state index in [1.54, 1.807) is 13.8 Å². The van der Waals surface area contributed by atoms with Gasteiger partial charge in [-0.1, -0.05) is 25.7 Å². The van der Waals surface area contributed by atoms with Gasteiger partial charge in [0.2, 0.25) is 11.8 Å². The summed E-state index contributed by atoms with van der Waals surface area (Å²) < 4.78 is 0. The van der Waals surface area contributed by atoms with Crippen molar-refractivity contribution in [1.29, 1.82) is 0 Å². The van der Waals surface area contributed by atoms with Crippen LogP contribution < -0.4 is 0 Å². The molecule has 0 unspecified atom stereocenters. The van der Waals surface area contributed by atoms with Gasteiger partial charge in [0.05, 0.1) is 5.41 Å². The summed E-state index contributed by atoms with van der Waals surface area (Å²) >= 11 is 0. The first-order valence-corrected chi connectivity index (χ1v) is 15.2. The van der Waals surface area contributed by atoms with Crippen LogP contribution in [0.3, 0.4) is 0 Å². The van der Waals surface area contributed by atoms with Crippen molar-refractivity contribution in [2.24, 2.45) is 17.3 Å². The number of aliphatic carboxylic acids is 2. The number of piperidine rings is 2. The molecule has 40 heavy (non-hydrogen) atoms. The highest BCUT2D eigenvalue weighted by molar-refractivity contribution is 5.78. The molecule has 0 atom stereocenters. The van der Waals surface area contributed by atoms with Gasteiger partial charge in [-0.05, 0) is 106 Å². The second kappa shape index (κ2) is 12.0. The highest BCUT2D eigenvalue weighted by atomic mass is 16.4. The largest absolute Gasteiger partial charge is 0.481 e. The minimum atomic E-state index is -1.00. The molecule has 0 bridgehead atoms. The van der Waals surface area contributed by atoms with Crippen LogP contribution in [-0.4, -0.2) is 65.9 Å². The monoisotopic (exact) mass is 564 g/mol. The van der Waals surface area contributed by atoms with Crippen molar-refractivity contribution in [3.63, 3.8) is 0 Å². The van der Waals surface area contributed by atoms with Gasteiger partial charge in [0.1, 0.15) is 0 Å². The standard InChI is InChI=1S/C32H56N2O6/c1-22(35)33-28(3,4)18-24(19-29(33,5)6)32(27(39)40,17-15-13-11-12-14-16-26(37)38)25-20-30(7,8)34(23(2)36)31(9,10)21-25/h24-25H,11-21H2,1-10H3,(H,37,38)(H,39,40). The van der Waals surface area contributed by atoms with Crippen molar-refractivity contribution in [3.8, 4) is 0 Å². The maximum Gasteiger partial charge on any atom is 0.310 e. The number of rotatable bonds is 11. The summed E-state index contributed by atoms with van der Waals surface area (Å²) in [5.74, 6) is -1.81. The molecule has 8 nitrogen and oxygen atoms in total. The lowest BCUT2D eigenvalue weighted by Gasteiger charge is -2.62. The van der Waals surface area contributed by atoms with Crippen molar-refractivity contribution in [2.45, 2.75) is 162 Å². The van der Waals surface area contributed by atoms with Crippen molar-refractivity contribution in [3.05, 3.63) is 0 Å². The number of carboxylic acids is 2. The first-order chi connectivity index (χ1) is 18.1. The van der Waals surface area contributed by atoms with Crippen molar-refractivity contribution < 1.29 is 29.4 Å². The Morgan fingerprint density at radius 2 is 0.950 bits per heavy atom. The molecule has 8 heteroatoms. The Labute approximate surface area is 242 Å². The molecule has 0 spiro atoms. The predicted molar refractivity (Wildman–Crippen MR) is 157 cm³/mol. The van der Waals surface area contributed by atoms with E-state index in [0.29, 0.717) is 38.5 Å². The molecule has 2 rings (SSSR count). The summed E-state index contributed by atoms with van der Waals surface area (Å²) in [6.07, 6.45) is 7.06. The fourth-order valence-electron chi connectivity index (χ4n) is 9.42. The summed E-state index contributed by atoms with van der Waals surface area (Å²) in [5.41, 5.74) is -3.00. The van der Waals surface area contributed by atoms with E-state index in [1.165, 1.54) is 0 Å². The first-order valence-electron chi connectivity index (χ1n) is 15.2. The highest BCUT2D eigenvalue weighted by Crippen LogP contribution is 2.58. The summed E-state index contributed by atoms with van der Waals surface area (Å²) in [7, 11) is 0. The molecule has 0 aromatic rings. The van der Waals surface area contributed by atoms with Gasteiger partial charge in [0, 0.05) is 42.4 Å². The first kappa shape index (κ1) is 34.1. The molecular weight excluding hydrogens is 508 g/mol. The lowest BCUT2D eigenvalue weighted by molar-refractivity contribution is -0.182. The number of hydrogen-bond donors (Lipinski definition) is 2. The van der Waals surface area contributed by atoms with Crippen molar-refractivity contribution >= 4 is 23.8 Å². The smallest absolute Gasteiger partial charge is 0.310 e. The Morgan fingerprint density at radius 1 is 0.625 bits per heavy atom. The molecule has 2 aliphatic heterocycles. The molecule has 2 aliphatic rings. The molecule has 2 fully saturated rings. The summed E-state index contributed by atoms with van der Waals surface area (Å²) in [6, 6.07) is 0. The molecule has 2 N–H and O–H groups in total. The second-order valence-corrected chi connectivity index (χ2v) is 15.2. The number of nitrogens with zero attached hydrogens (tertiary/aromatic N) is 2. The normalized spacial score (nSPS) is 22.6. The molecule has 230 valence electrons. The number of carbonyl (C=O) groups is 4. The zero-order valence-electron chi connectivity index (χ0n) is 26.9. The predicted octanol–water partition coefficient (Wildman–Crippen LogP) is 6.50. The van der Waals surface area contributed by atoms with Crippen molar-refractivity contribution in [2.75, 3.05) is 0 Å². The average Bonchev–Trinajstić information content (AvgIpc) is 2.70. The molecule has 0 aromatic heterocycles. The van der Waals surface area contributed by atoms with Crippen molar-refractivity contribution in [1.82, 2.24) is 9.80 Å². The van der Waals surface area contributed by atoms with Gasteiger partial charge in [-0.25, -0.2) is 0 Å². The van der Waals surface area contributed by atoms with Gasteiger partial charge in [0.25, 0.3) is 0 Å². The number of hydrogen-bond acceptors (Lipinski definition) is 4. The number of amides is 2. The topological polar surface area (TPSA) is 115 Å². The van der Waals surface area contributed by atoms with Crippen LogP contribution in [0.15, 0.2) is 0 Å². The Morgan fingerprint density at radius 3 is 1.25 bits per heavy atom. The number of carbonyl (C=O) groups excluding carboxylic acids is 2. The van der Waals surface area contributed by atoms with Crippen LogP contribution >= 0.6 is 0 Å². The van der Waals surface area contributed by atoms with Gasteiger partial charge in [0.15, 0.2) is 0 Å². The zero-order valence-corrected chi connectivity index (χ0v) is 26.9. The average molecular weight is 565 g/mol. The van der Waals surface area contributed by atoms with E-state index in [4.69, 9.17) is 5.11 Å². The third-order valence-electron chi connectivity index (χ3n) is 9.87. The maximum absolute atomic E-state index is 13.7. The van der Waals surface area contributed by atoms with E-state index in [-0.39, 0.29) is 30.1 Å². The van der Waals surface area contributed by atoms with Gasteiger partial charge in [-0.15, -0.1) is 0 Å². The van der Waals surface area contributed by atoms with Crippen LogP contribution in [0, 0.1) is 17.3 Å². The SMILES string of the molecule is CC(=O)N1C(C)(C)CC(C(CCCCCCCC(=O)O)(C(=O)O)C2CC(C)(C)N(C(C)=O)C(C)(C)C2)CC1(C)C. The van der Waals surface area contributed by atoms with Gasteiger partial charge in [-0.2, -0.15) is 0 Å². The van der Waals surface area contributed by atoms with E-state index in [9.17, 15) is 24.3 Å².